The molecule has 1 aromatic carbocycles. The molecule has 1 saturated heterocycles. The van der Waals surface area contributed by atoms with Gasteiger partial charge in [0.05, 0.1) is 5.56 Å². The highest BCUT2D eigenvalue weighted by Gasteiger charge is 2.34. The Morgan fingerprint density at radius 3 is 2.44 bits per heavy atom. The molecule has 0 spiro atoms. The molecule has 8 heteroatoms. The second kappa shape index (κ2) is 6.96. The van der Waals surface area contributed by atoms with E-state index in [-0.39, 0.29) is 24.2 Å². The van der Waals surface area contributed by atoms with E-state index in [2.05, 4.69) is 15.0 Å². The van der Waals surface area contributed by atoms with Crippen LogP contribution >= 0.6 is 12.4 Å². The third kappa shape index (κ3) is 3.98. The molecule has 0 radical (unpaired) electrons. The van der Waals surface area contributed by atoms with E-state index in [0.717, 1.165) is 44.1 Å². The minimum Gasteiger partial charge on any atom is -0.334 e. The quantitative estimate of drug-likeness (QED) is 0.793. The molecular weight excluding hydrogens is 355 g/mol. The summed E-state index contributed by atoms with van der Waals surface area (Å²) in [5, 5.41) is 4.01. The highest BCUT2D eigenvalue weighted by Crippen LogP contribution is 2.35. The number of alkyl halides is 3. The van der Waals surface area contributed by atoms with Gasteiger partial charge in [-0.05, 0) is 57.0 Å². The minimum absolute atomic E-state index is 0. The van der Waals surface area contributed by atoms with Crippen molar-refractivity contribution in [1.82, 2.24) is 15.0 Å². The lowest BCUT2D eigenvalue weighted by atomic mass is 9.96. The van der Waals surface area contributed by atoms with Crippen LogP contribution in [-0.4, -0.2) is 34.2 Å². The van der Waals surface area contributed by atoms with Gasteiger partial charge in [0.1, 0.15) is 0 Å². The summed E-state index contributed by atoms with van der Waals surface area (Å²) in [6.07, 6.45) is 0.157. The van der Waals surface area contributed by atoms with Crippen molar-refractivity contribution >= 4 is 12.4 Å². The average Bonchev–Trinajstić information content (AvgIpc) is 3.31. The number of rotatable bonds is 3. The maximum atomic E-state index is 12.8. The topological polar surface area (TPSA) is 42.2 Å². The number of hydrogen-bond acceptors (Lipinski definition) is 4. The average molecular weight is 374 g/mol. The molecule has 0 bridgehead atoms. The summed E-state index contributed by atoms with van der Waals surface area (Å²) in [6, 6.07) is 5.76. The SMILES string of the molecule is Cl.FC(F)(F)c1cccc(-c2nc(C3CCN(C4CC4)CC3)no2)c1. The predicted molar refractivity (Wildman–Crippen MR) is 88.6 cm³/mol. The molecule has 0 amide bonds. The Kier molecular flexibility index (Phi) is 5.06. The molecule has 2 heterocycles. The number of nitrogens with zero attached hydrogens (tertiary/aromatic N) is 3. The van der Waals surface area contributed by atoms with Crippen molar-refractivity contribution in [3.8, 4) is 11.5 Å². The summed E-state index contributed by atoms with van der Waals surface area (Å²) in [5.41, 5.74) is -0.406. The predicted octanol–water partition coefficient (Wildman–Crippen LogP) is 4.52. The van der Waals surface area contributed by atoms with Crippen molar-refractivity contribution in [2.24, 2.45) is 0 Å². The monoisotopic (exact) mass is 373 g/mol. The molecule has 4 nitrogen and oxygen atoms in total. The van der Waals surface area contributed by atoms with Crippen molar-refractivity contribution in [1.29, 1.82) is 0 Å². The van der Waals surface area contributed by atoms with Crippen LogP contribution in [0.25, 0.3) is 11.5 Å². The summed E-state index contributed by atoms with van der Waals surface area (Å²) >= 11 is 0. The summed E-state index contributed by atoms with van der Waals surface area (Å²) < 4.78 is 43.7. The van der Waals surface area contributed by atoms with E-state index >= 15 is 0 Å². The Balaban J connectivity index is 0.00000182. The zero-order valence-electron chi connectivity index (χ0n) is 13.5. The van der Waals surface area contributed by atoms with Crippen molar-refractivity contribution in [3.63, 3.8) is 0 Å². The standard InChI is InChI=1S/C17H18F3N3O.ClH/c18-17(19,20)13-3-1-2-12(10-13)16-21-15(22-24-16)11-6-8-23(9-7-11)14-4-5-14;/h1-3,10-11,14H,4-9H2;1H. The Morgan fingerprint density at radius 1 is 1.08 bits per heavy atom. The van der Waals surface area contributed by atoms with Crippen LogP contribution in [0.2, 0.25) is 0 Å². The fourth-order valence-electron chi connectivity index (χ4n) is 3.31. The first-order valence-corrected chi connectivity index (χ1v) is 8.26. The fourth-order valence-corrected chi connectivity index (χ4v) is 3.31. The highest BCUT2D eigenvalue weighted by atomic mass is 35.5. The number of aromatic nitrogens is 2. The summed E-state index contributed by atoms with van der Waals surface area (Å²) in [5.74, 6) is 0.988. The van der Waals surface area contributed by atoms with Gasteiger partial charge in [-0.15, -0.1) is 12.4 Å². The third-order valence-corrected chi connectivity index (χ3v) is 4.84. The summed E-state index contributed by atoms with van der Waals surface area (Å²) in [4.78, 5) is 6.85. The van der Waals surface area contributed by atoms with E-state index in [0.29, 0.717) is 11.4 Å². The zero-order chi connectivity index (χ0) is 16.7. The van der Waals surface area contributed by atoms with E-state index in [1.165, 1.54) is 18.9 Å². The lowest BCUT2D eigenvalue weighted by molar-refractivity contribution is -0.137. The molecule has 25 heavy (non-hydrogen) atoms. The van der Waals surface area contributed by atoms with Crippen molar-refractivity contribution in [2.75, 3.05) is 13.1 Å². The first kappa shape index (κ1) is 18.2. The minimum atomic E-state index is -4.38. The summed E-state index contributed by atoms with van der Waals surface area (Å²) in [7, 11) is 0. The van der Waals surface area contributed by atoms with Gasteiger partial charge in [0.25, 0.3) is 5.89 Å². The molecule has 0 unspecified atom stereocenters. The van der Waals surface area contributed by atoms with Gasteiger partial charge in [-0.2, -0.15) is 18.2 Å². The van der Waals surface area contributed by atoms with Crippen LogP contribution in [0.3, 0.4) is 0 Å². The van der Waals surface area contributed by atoms with Crippen molar-refractivity contribution in [3.05, 3.63) is 35.7 Å². The number of piperidine rings is 1. The Morgan fingerprint density at radius 2 is 1.80 bits per heavy atom. The lowest BCUT2D eigenvalue weighted by Gasteiger charge is -2.30. The molecule has 2 fully saturated rings. The number of hydrogen-bond donors (Lipinski definition) is 0. The van der Waals surface area contributed by atoms with Crippen LogP contribution < -0.4 is 0 Å². The van der Waals surface area contributed by atoms with Crippen LogP contribution in [-0.2, 0) is 6.18 Å². The van der Waals surface area contributed by atoms with E-state index in [1.807, 2.05) is 0 Å². The molecule has 0 N–H and O–H groups in total. The van der Waals surface area contributed by atoms with Gasteiger partial charge < -0.3 is 9.42 Å². The van der Waals surface area contributed by atoms with Gasteiger partial charge in [-0.25, -0.2) is 0 Å². The van der Waals surface area contributed by atoms with E-state index in [4.69, 9.17) is 4.52 Å². The summed E-state index contributed by atoms with van der Waals surface area (Å²) in [6.45, 7) is 2.06. The maximum Gasteiger partial charge on any atom is 0.416 e. The number of benzene rings is 1. The van der Waals surface area contributed by atoms with Gasteiger partial charge in [-0.1, -0.05) is 11.2 Å². The van der Waals surface area contributed by atoms with Crippen LogP contribution in [0, 0.1) is 0 Å². The molecule has 1 saturated carbocycles. The highest BCUT2D eigenvalue weighted by molar-refractivity contribution is 5.85. The molecule has 4 rings (SSSR count). The Labute approximate surface area is 149 Å². The van der Waals surface area contributed by atoms with Crippen LogP contribution in [0.1, 0.15) is 43.0 Å². The lowest BCUT2D eigenvalue weighted by Crippen LogP contribution is -2.34. The third-order valence-electron chi connectivity index (χ3n) is 4.84. The molecule has 2 aliphatic rings. The smallest absolute Gasteiger partial charge is 0.334 e. The second-order valence-corrected chi connectivity index (χ2v) is 6.58. The first-order chi connectivity index (χ1) is 11.5. The Bertz CT molecular complexity index is 722. The normalized spacial score (nSPS) is 19.6. The number of halogens is 4. The molecule has 1 aliphatic heterocycles. The fraction of sp³-hybridized carbons (Fsp3) is 0.529. The molecule has 136 valence electrons. The largest absolute Gasteiger partial charge is 0.416 e. The van der Waals surface area contributed by atoms with Gasteiger partial charge in [0.2, 0.25) is 0 Å². The number of likely N-dealkylation sites (tertiary alicyclic amines) is 1. The van der Waals surface area contributed by atoms with E-state index in [9.17, 15) is 13.2 Å². The molecule has 1 aromatic heterocycles. The Hall–Kier alpha value is -1.60. The second-order valence-electron chi connectivity index (χ2n) is 6.58. The van der Waals surface area contributed by atoms with Gasteiger partial charge >= 0.3 is 6.18 Å². The van der Waals surface area contributed by atoms with Gasteiger partial charge in [0.15, 0.2) is 5.82 Å². The molecular formula is C17H19ClF3N3O. The van der Waals surface area contributed by atoms with Crippen LogP contribution in [0.4, 0.5) is 13.2 Å². The van der Waals surface area contributed by atoms with Crippen LogP contribution in [0.5, 0.6) is 0 Å². The van der Waals surface area contributed by atoms with Crippen molar-refractivity contribution in [2.45, 2.75) is 43.8 Å². The first-order valence-electron chi connectivity index (χ1n) is 8.26. The zero-order valence-corrected chi connectivity index (χ0v) is 14.3. The maximum absolute atomic E-state index is 12.8. The molecule has 0 atom stereocenters. The van der Waals surface area contributed by atoms with E-state index in [1.54, 1.807) is 6.07 Å². The van der Waals surface area contributed by atoms with Crippen LogP contribution in [0.15, 0.2) is 28.8 Å². The van der Waals surface area contributed by atoms with Gasteiger partial charge in [0, 0.05) is 17.5 Å². The molecule has 1 aliphatic carbocycles. The van der Waals surface area contributed by atoms with E-state index < -0.39 is 11.7 Å². The molecule has 2 aromatic rings. The van der Waals surface area contributed by atoms with Crippen molar-refractivity contribution < 1.29 is 17.7 Å². The van der Waals surface area contributed by atoms with Gasteiger partial charge in [-0.3, -0.25) is 0 Å².